The number of nitrogens with one attached hydrogen (secondary N) is 1. The summed E-state index contributed by atoms with van der Waals surface area (Å²) in [4.78, 5) is 10.9. The first-order valence-corrected chi connectivity index (χ1v) is 3.25. The molecule has 9 heavy (non-hydrogen) atoms. The molecule has 1 rings (SSSR count). The van der Waals surface area contributed by atoms with Crippen molar-refractivity contribution in [2.75, 3.05) is 7.05 Å². The first-order chi connectivity index (χ1) is 4.25. The number of hydrogen-bond acceptors (Lipinski definition) is 2. The van der Waals surface area contributed by atoms with E-state index in [2.05, 4.69) is 5.43 Å². The van der Waals surface area contributed by atoms with Crippen LogP contribution in [-0.2, 0) is 4.79 Å². The minimum Gasteiger partial charge on any atom is -0.275 e. The zero-order valence-corrected chi connectivity index (χ0v) is 5.85. The summed E-state index contributed by atoms with van der Waals surface area (Å²) in [6.07, 6.45) is 1.68. The summed E-state index contributed by atoms with van der Waals surface area (Å²) < 4.78 is 0. The summed E-state index contributed by atoms with van der Waals surface area (Å²) >= 11 is 0. The van der Waals surface area contributed by atoms with E-state index in [9.17, 15) is 4.79 Å². The Morgan fingerprint density at radius 3 is 2.67 bits per heavy atom. The third kappa shape index (κ3) is 1.05. The zero-order chi connectivity index (χ0) is 6.85. The van der Waals surface area contributed by atoms with Gasteiger partial charge in [-0.2, -0.15) is 0 Å². The number of carbonyl (C=O) groups excluding carboxylic acids is 1. The fourth-order valence-corrected chi connectivity index (χ4v) is 1.17. The fourth-order valence-electron chi connectivity index (χ4n) is 1.17. The molecule has 1 aliphatic heterocycles. The monoisotopic (exact) mass is 128 g/mol. The molecule has 0 spiro atoms. The van der Waals surface area contributed by atoms with E-state index >= 15 is 0 Å². The summed E-state index contributed by atoms with van der Waals surface area (Å²) in [5.41, 5.74) is 2.85. The van der Waals surface area contributed by atoms with Crippen molar-refractivity contribution in [3.05, 3.63) is 0 Å². The van der Waals surface area contributed by atoms with E-state index in [1.54, 1.807) is 12.1 Å². The number of carbonyl (C=O) groups is 1. The van der Waals surface area contributed by atoms with E-state index in [-0.39, 0.29) is 5.91 Å². The third-order valence-electron chi connectivity index (χ3n) is 1.73. The van der Waals surface area contributed by atoms with Crippen LogP contribution in [-0.4, -0.2) is 24.0 Å². The van der Waals surface area contributed by atoms with Crippen LogP contribution in [0.1, 0.15) is 19.8 Å². The molecule has 0 aromatic heterocycles. The van der Waals surface area contributed by atoms with Gasteiger partial charge in [0.2, 0.25) is 5.91 Å². The predicted octanol–water partition coefficient (Wildman–Crippen LogP) is 0.132. The van der Waals surface area contributed by atoms with Crippen molar-refractivity contribution < 1.29 is 4.79 Å². The second-order valence-electron chi connectivity index (χ2n) is 2.38. The van der Waals surface area contributed by atoms with Crippen LogP contribution >= 0.6 is 0 Å². The highest BCUT2D eigenvalue weighted by Crippen LogP contribution is 2.14. The number of rotatable bonds is 1. The van der Waals surface area contributed by atoms with Crippen LogP contribution in [0.25, 0.3) is 0 Å². The van der Waals surface area contributed by atoms with Gasteiger partial charge in [-0.1, -0.05) is 0 Å². The topological polar surface area (TPSA) is 32.3 Å². The van der Waals surface area contributed by atoms with Gasteiger partial charge in [-0.15, -0.1) is 0 Å². The van der Waals surface area contributed by atoms with Gasteiger partial charge < -0.3 is 0 Å². The van der Waals surface area contributed by atoms with Crippen molar-refractivity contribution in [1.29, 1.82) is 0 Å². The Balaban J connectivity index is 2.55. The molecule has 0 bridgehead atoms. The molecule has 0 aliphatic carbocycles. The first kappa shape index (κ1) is 6.55. The van der Waals surface area contributed by atoms with Gasteiger partial charge in [0.15, 0.2) is 0 Å². The first-order valence-electron chi connectivity index (χ1n) is 3.25. The third-order valence-corrected chi connectivity index (χ3v) is 1.73. The van der Waals surface area contributed by atoms with E-state index in [4.69, 9.17) is 0 Å². The molecule has 3 nitrogen and oxygen atoms in total. The van der Waals surface area contributed by atoms with Crippen molar-refractivity contribution in [3.8, 4) is 0 Å². The summed E-state index contributed by atoms with van der Waals surface area (Å²) in [7, 11) is 1.78. The molecule has 0 saturated carbocycles. The number of nitrogens with zero attached hydrogens (tertiary/aromatic N) is 1. The molecule has 1 heterocycles. The fraction of sp³-hybridized carbons (Fsp3) is 0.833. The molecule has 52 valence electrons. The van der Waals surface area contributed by atoms with Crippen LogP contribution in [0.4, 0.5) is 0 Å². The summed E-state index contributed by atoms with van der Waals surface area (Å²) in [6, 6.07) is 0.377. The van der Waals surface area contributed by atoms with Crippen LogP contribution in [0, 0.1) is 0 Å². The molecule has 0 radical (unpaired) electrons. The highest BCUT2D eigenvalue weighted by molar-refractivity contribution is 5.78. The second-order valence-corrected chi connectivity index (χ2v) is 2.38. The Morgan fingerprint density at radius 1 is 1.78 bits per heavy atom. The molecular weight excluding hydrogens is 116 g/mol. The van der Waals surface area contributed by atoms with Crippen LogP contribution in [0.15, 0.2) is 0 Å². The minimum absolute atomic E-state index is 0.213. The lowest BCUT2D eigenvalue weighted by molar-refractivity contribution is -0.131. The average molecular weight is 128 g/mol. The van der Waals surface area contributed by atoms with Gasteiger partial charge in [0.1, 0.15) is 0 Å². The Bertz CT molecular complexity index is 124. The van der Waals surface area contributed by atoms with E-state index in [1.807, 2.05) is 6.92 Å². The molecule has 3 heteroatoms. The number of hydrogen-bond donors (Lipinski definition) is 1. The molecule has 1 atom stereocenters. The Labute approximate surface area is 55.0 Å². The van der Waals surface area contributed by atoms with Gasteiger partial charge in [-0.05, 0) is 13.3 Å². The lowest BCUT2D eigenvalue weighted by Crippen LogP contribution is -2.40. The maximum atomic E-state index is 10.9. The lowest BCUT2D eigenvalue weighted by atomic mass is 10.3. The lowest BCUT2D eigenvalue weighted by Gasteiger charge is -2.18. The Kier molecular flexibility index (Phi) is 1.71. The van der Waals surface area contributed by atoms with Gasteiger partial charge in [0.25, 0.3) is 0 Å². The van der Waals surface area contributed by atoms with Crippen molar-refractivity contribution >= 4 is 5.91 Å². The molecule has 1 fully saturated rings. The van der Waals surface area contributed by atoms with Gasteiger partial charge in [-0.3, -0.25) is 9.80 Å². The predicted molar refractivity (Wildman–Crippen MR) is 34.6 cm³/mol. The molecule has 1 amide bonds. The Morgan fingerprint density at radius 2 is 2.44 bits per heavy atom. The van der Waals surface area contributed by atoms with Gasteiger partial charge in [-0.25, -0.2) is 5.43 Å². The standard InChI is InChI=1S/C6H12N2O/c1-5-3-4-6(9)8(5)7-2/h5,7H,3-4H2,1-2H3/t5-/m1/s1. The van der Waals surface area contributed by atoms with Crippen LogP contribution in [0.2, 0.25) is 0 Å². The van der Waals surface area contributed by atoms with Gasteiger partial charge in [0.05, 0.1) is 0 Å². The minimum atomic E-state index is 0.213. The van der Waals surface area contributed by atoms with Crippen molar-refractivity contribution in [2.24, 2.45) is 0 Å². The normalized spacial score (nSPS) is 27.6. The van der Waals surface area contributed by atoms with E-state index in [1.165, 1.54) is 0 Å². The SMILES string of the molecule is CNN1C(=O)CC[C@H]1C. The average Bonchev–Trinajstić information content (AvgIpc) is 2.12. The van der Waals surface area contributed by atoms with Crippen LogP contribution < -0.4 is 5.43 Å². The van der Waals surface area contributed by atoms with Gasteiger partial charge in [0, 0.05) is 19.5 Å². The maximum absolute atomic E-state index is 10.9. The Hall–Kier alpha value is -0.570. The highest BCUT2D eigenvalue weighted by Gasteiger charge is 2.25. The van der Waals surface area contributed by atoms with Crippen molar-refractivity contribution in [2.45, 2.75) is 25.8 Å². The zero-order valence-electron chi connectivity index (χ0n) is 5.85. The molecule has 1 saturated heterocycles. The maximum Gasteiger partial charge on any atom is 0.236 e. The summed E-state index contributed by atoms with van der Waals surface area (Å²) in [5, 5.41) is 1.68. The quantitative estimate of drug-likeness (QED) is 0.544. The summed E-state index contributed by atoms with van der Waals surface area (Å²) in [6.45, 7) is 2.04. The molecule has 1 aliphatic rings. The molecule has 0 unspecified atom stereocenters. The van der Waals surface area contributed by atoms with Gasteiger partial charge >= 0.3 is 0 Å². The van der Waals surface area contributed by atoms with Crippen LogP contribution in [0.5, 0.6) is 0 Å². The smallest absolute Gasteiger partial charge is 0.236 e. The molecule has 0 aromatic rings. The van der Waals surface area contributed by atoms with Crippen LogP contribution in [0.3, 0.4) is 0 Å². The highest BCUT2D eigenvalue weighted by atomic mass is 16.2. The molecule has 0 aromatic carbocycles. The second kappa shape index (κ2) is 2.35. The largest absolute Gasteiger partial charge is 0.275 e. The van der Waals surface area contributed by atoms with E-state index in [0.29, 0.717) is 12.5 Å². The molecule has 1 N–H and O–H groups in total. The van der Waals surface area contributed by atoms with Crippen molar-refractivity contribution in [3.63, 3.8) is 0 Å². The van der Waals surface area contributed by atoms with E-state index < -0.39 is 0 Å². The summed E-state index contributed by atoms with van der Waals surface area (Å²) in [5.74, 6) is 0.213. The number of hydrazine groups is 1. The molecular formula is C6H12N2O. The van der Waals surface area contributed by atoms with E-state index in [0.717, 1.165) is 6.42 Å². The number of amides is 1. The van der Waals surface area contributed by atoms with Crippen molar-refractivity contribution in [1.82, 2.24) is 10.4 Å².